The molecule has 0 aromatic rings. The third kappa shape index (κ3) is 4.52. The number of nitrogens with one attached hydrogen (secondary N) is 1. The predicted molar refractivity (Wildman–Crippen MR) is 75.9 cm³/mol. The highest BCUT2D eigenvalue weighted by atomic mass is 16.5. The van der Waals surface area contributed by atoms with E-state index in [-0.39, 0.29) is 0 Å². The summed E-state index contributed by atoms with van der Waals surface area (Å²) < 4.78 is 5.65. The van der Waals surface area contributed by atoms with Crippen LogP contribution in [0, 0.1) is 5.92 Å². The first-order chi connectivity index (χ1) is 8.90. The Morgan fingerprint density at radius 2 is 2.06 bits per heavy atom. The monoisotopic (exact) mass is 254 g/mol. The molecule has 1 aliphatic carbocycles. The van der Waals surface area contributed by atoms with Crippen LogP contribution in [0.3, 0.4) is 0 Å². The van der Waals surface area contributed by atoms with Crippen LogP contribution in [0.5, 0.6) is 0 Å². The lowest BCUT2D eigenvalue weighted by Crippen LogP contribution is -2.52. The van der Waals surface area contributed by atoms with Gasteiger partial charge in [-0.15, -0.1) is 0 Å². The topological polar surface area (TPSA) is 24.5 Å². The van der Waals surface area contributed by atoms with Crippen molar-refractivity contribution < 1.29 is 4.74 Å². The maximum absolute atomic E-state index is 5.65. The molecule has 0 spiro atoms. The molecule has 3 nitrogen and oxygen atoms in total. The lowest BCUT2D eigenvalue weighted by molar-refractivity contribution is -0.0158. The van der Waals surface area contributed by atoms with Crippen molar-refractivity contribution >= 4 is 0 Å². The minimum Gasteiger partial charge on any atom is -0.378 e. The number of rotatable bonds is 6. The molecule has 3 heteroatoms. The molecule has 1 N–H and O–H groups in total. The average molecular weight is 254 g/mol. The van der Waals surface area contributed by atoms with Crippen molar-refractivity contribution in [2.24, 2.45) is 5.92 Å². The molecule has 1 unspecified atom stereocenters. The van der Waals surface area contributed by atoms with Crippen LogP contribution in [0.1, 0.15) is 45.4 Å². The van der Waals surface area contributed by atoms with Crippen LogP contribution in [-0.4, -0.2) is 50.3 Å². The Labute approximate surface area is 112 Å². The van der Waals surface area contributed by atoms with Gasteiger partial charge in [0.25, 0.3) is 0 Å². The zero-order valence-electron chi connectivity index (χ0n) is 12.0. The summed E-state index contributed by atoms with van der Waals surface area (Å²) in [5.74, 6) is 0.950. The second-order valence-electron chi connectivity index (χ2n) is 5.93. The van der Waals surface area contributed by atoms with Gasteiger partial charge < -0.3 is 10.1 Å². The molecule has 0 aromatic carbocycles. The van der Waals surface area contributed by atoms with Crippen LogP contribution < -0.4 is 5.32 Å². The van der Waals surface area contributed by atoms with Crippen molar-refractivity contribution in [3.8, 4) is 0 Å². The quantitative estimate of drug-likeness (QED) is 0.736. The molecule has 18 heavy (non-hydrogen) atoms. The Morgan fingerprint density at radius 3 is 2.83 bits per heavy atom. The molecule has 2 rings (SSSR count). The van der Waals surface area contributed by atoms with Gasteiger partial charge in [0.2, 0.25) is 0 Å². The van der Waals surface area contributed by atoms with Crippen LogP contribution in [0.4, 0.5) is 0 Å². The minimum atomic E-state index is 0.604. The molecule has 1 aliphatic heterocycles. The summed E-state index contributed by atoms with van der Waals surface area (Å²) in [6.07, 6.45) is 8.48. The van der Waals surface area contributed by atoms with Gasteiger partial charge in [-0.1, -0.05) is 26.2 Å². The zero-order valence-corrected chi connectivity index (χ0v) is 12.0. The van der Waals surface area contributed by atoms with Gasteiger partial charge >= 0.3 is 0 Å². The molecule has 1 atom stereocenters. The van der Waals surface area contributed by atoms with E-state index in [4.69, 9.17) is 4.74 Å². The lowest BCUT2D eigenvalue weighted by atomic mass is 9.88. The second kappa shape index (κ2) is 8.13. The van der Waals surface area contributed by atoms with Crippen molar-refractivity contribution in [2.75, 3.05) is 39.4 Å². The molecular weight excluding hydrogens is 224 g/mol. The van der Waals surface area contributed by atoms with E-state index in [1.165, 1.54) is 45.1 Å². The first kappa shape index (κ1) is 14.3. The standard InChI is InChI=1S/C15H30N2O/c1-2-8-16-11-15-13-18-10-9-17(15)12-14-6-4-3-5-7-14/h14-16H,2-13H2,1H3. The first-order valence-electron chi connectivity index (χ1n) is 7.92. The molecule has 1 saturated carbocycles. The van der Waals surface area contributed by atoms with Crippen molar-refractivity contribution in [3.05, 3.63) is 0 Å². The van der Waals surface area contributed by atoms with Gasteiger partial charge in [0.05, 0.1) is 13.2 Å². The molecule has 0 amide bonds. The largest absolute Gasteiger partial charge is 0.378 e. The molecule has 2 aliphatic rings. The normalized spacial score (nSPS) is 27.5. The summed E-state index contributed by atoms with van der Waals surface area (Å²) in [4.78, 5) is 2.68. The highest BCUT2D eigenvalue weighted by molar-refractivity contribution is 4.80. The van der Waals surface area contributed by atoms with Crippen molar-refractivity contribution in [1.29, 1.82) is 0 Å². The lowest BCUT2D eigenvalue weighted by Gasteiger charge is -2.38. The highest BCUT2D eigenvalue weighted by Gasteiger charge is 2.25. The van der Waals surface area contributed by atoms with E-state index in [1.54, 1.807) is 0 Å². The summed E-state index contributed by atoms with van der Waals surface area (Å²) in [7, 11) is 0. The van der Waals surface area contributed by atoms with Gasteiger partial charge in [0.1, 0.15) is 0 Å². The van der Waals surface area contributed by atoms with E-state index >= 15 is 0 Å². The van der Waals surface area contributed by atoms with Gasteiger partial charge in [-0.05, 0) is 31.7 Å². The third-order valence-electron chi connectivity index (χ3n) is 4.37. The summed E-state index contributed by atoms with van der Waals surface area (Å²) in [6, 6.07) is 0.604. The maximum Gasteiger partial charge on any atom is 0.0634 e. The third-order valence-corrected chi connectivity index (χ3v) is 4.37. The molecule has 0 bridgehead atoms. The van der Waals surface area contributed by atoms with Gasteiger partial charge in [-0.3, -0.25) is 4.90 Å². The first-order valence-corrected chi connectivity index (χ1v) is 7.92. The molecule has 106 valence electrons. The average Bonchev–Trinajstić information content (AvgIpc) is 2.42. The minimum absolute atomic E-state index is 0.604. The fraction of sp³-hybridized carbons (Fsp3) is 1.00. The smallest absolute Gasteiger partial charge is 0.0634 e. The van der Waals surface area contributed by atoms with Crippen LogP contribution in [0.15, 0.2) is 0 Å². The van der Waals surface area contributed by atoms with E-state index in [0.717, 1.165) is 38.8 Å². The van der Waals surface area contributed by atoms with Crippen LogP contribution >= 0.6 is 0 Å². The van der Waals surface area contributed by atoms with Crippen molar-refractivity contribution in [3.63, 3.8) is 0 Å². The Hall–Kier alpha value is -0.120. The Kier molecular flexibility index (Phi) is 6.46. The van der Waals surface area contributed by atoms with Gasteiger partial charge in [-0.2, -0.15) is 0 Å². The fourth-order valence-corrected chi connectivity index (χ4v) is 3.26. The van der Waals surface area contributed by atoms with Gasteiger partial charge in [0, 0.05) is 25.7 Å². The van der Waals surface area contributed by atoms with Crippen molar-refractivity contribution in [1.82, 2.24) is 10.2 Å². The van der Waals surface area contributed by atoms with E-state index in [0.29, 0.717) is 6.04 Å². The van der Waals surface area contributed by atoms with Gasteiger partial charge in [-0.25, -0.2) is 0 Å². The van der Waals surface area contributed by atoms with Crippen LogP contribution in [0.2, 0.25) is 0 Å². The predicted octanol–water partition coefficient (Wildman–Crippen LogP) is 2.27. The fourth-order valence-electron chi connectivity index (χ4n) is 3.26. The summed E-state index contributed by atoms with van der Waals surface area (Å²) in [5, 5.41) is 3.55. The molecule has 2 fully saturated rings. The van der Waals surface area contributed by atoms with Crippen LogP contribution in [-0.2, 0) is 4.74 Å². The highest BCUT2D eigenvalue weighted by Crippen LogP contribution is 2.25. The van der Waals surface area contributed by atoms with E-state index in [9.17, 15) is 0 Å². The van der Waals surface area contributed by atoms with E-state index in [1.807, 2.05) is 0 Å². The Morgan fingerprint density at radius 1 is 1.22 bits per heavy atom. The summed E-state index contributed by atoms with van der Waals surface area (Å²) in [5.41, 5.74) is 0. The van der Waals surface area contributed by atoms with E-state index in [2.05, 4.69) is 17.1 Å². The number of ether oxygens (including phenoxy) is 1. The molecule has 1 saturated heterocycles. The van der Waals surface area contributed by atoms with E-state index < -0.39 is 0 Å². The Bertz CT molecular complexity index is 217. The second-order valence-corrected chi connectivity index (χ2v) is 5.93. The number of nitrogens with zero attached hydrogens (tertiary/aromatic N) is 1. The summed E-state index contributed by atoms with van der Waals surface area (Å²) >= 11 is 0. The number of hydrogen-bond donors (Lipinski definition) is 1. The molecular formula is C15H30N2O. The van der Waals surface area contributed by atoms with Crippen LogP contribution in [0.25, 0.3) is 0 Å². The zero-order chi connectivity index (χ0) is 12.6. The SMILES string of the molecule is CCCNCC1COCCN1CC1CCCCC1. The summed E-state index contributed by atoms with van der Waals surface area (Å²) in [6.45, 7) is 8.75. The van der Waals surface area contributed by atoms with Crippen molar-refractivity contribution in [2.45, 2.75) is 51.5 Å². The number of hydrogen-bond acceptors (Lipinski definition) is 3. The molecule has 1 heterocycles. The maximum atomic E-state index is 5.65. The Balaban J connectivity index is 1.75. The molecule has 0 radical (unpaired) electrons. The van der Waals surface area contributed by atoms with Gasteiger partial charge in [0.15, 0.2) is 0 Å². The number of morpholine rings is 1. The molecule has 0 aromatic heterocycles.